The summed E-state index contributed by atoms with van der Waals surface area (Å²) in [6.07, 6.45) is 11.6. The average Bonchev–Trinajstić information content (AvgIpc) is 2.72. The van der Waals surface area contributed by atoms with Crippen LogP contribution in [0.25, 0.3) is 0 Å². The first kappa shape index (κ1) is 8.71. The lowest BCUT2D eigenvalue weighted by molar-refractivity contribution is 1.09. The van der Waals surface area contributed by atoms with Gasteiger partial charge in [0.1, 0.15) is 0 Å². The molecule has 0 aliphatic heterocycles. The van der Waals surface area contributed by atoms with Gasteiger partial charge in [-0.15, -0.1) is 0 Å². The Morgan fingerprint density at radius 2 is 1.29 bits per heavy atom. The Kier molecular flexibility index (Phi) is 2.16. The van der Waals surface area contributed by atoms with Gasteiger partial charge in [-0.05, 0) is 24.3 Å². The fraction of sp³-hybridized carbons (Fsp3) is 0.167. The second-order valence-electron chi connectivity index (χ2n) is 3.39. The molecule has 0 aromatic rings. The molecule has 0 spiro atoms. The maximum atomic E-state index is 5.59. The average molecular weight is 184 g/mol. The summed E-state index contributed by atoms with van der Waals surface area (Å²) in [6, 6.07) is 0. The van der Waals surface area contributed by atoms with Gasteiger partial charge in [0.15, 0.2) is 0 Å². The molecule has 2 atom stereocenters. The topological polar surface area (TPSA) is 52.0 Å². The summed E-state index contributed by atoms with van der Waals surface area (Å²) in [5, 5.41) is 0. The van der Waals surface area contributed by atoms with Crippen molar-refractivity contribution in [3.05, 3.63) is 47.9 Å². The van der Waals surface area contributed by atoms with Crippen molar-refractivity contribution in [2.24, 2.45) is 23.3 Å². The summed E-state index contributed by atoms with van der Waals surface area (Å²) in [5.41, 5.74) is 12.8. The van der Waals surface area contributed by atoms with E-state index in [-0.39, 0.29) is 11.8 Å². The Hall–Kier alpha value is -1.88. The highest BCUT2D eigenvalue weighted by molar-refractivity contribution is 5.37. The minimum absolute atomic E-state index is 0.165. The fourth-order valence-corrected chi connectivity index (χ4v) is 1.44. The predicted octanol–water partition coefficient (Wildman–Crippen LogP) is 1.05. The van der Waals surface area contributed by atoms with Gasteiger partial charge in [-0.2, -0.15) is 0 Å². The van der Waals surface area contributed by atoms with Crippen LogP contribution in [-0.4, -0.2) is 0 Å². The molecule has 2 aliphatic rings. The normalized spacial score (nSPS) is 28.3. The van der Waals surface area contributed by atoms with Crippen molar-refractivity contribution in [3.63, 3.8) is 0 Å². The van der Waals surface area contributed by atoms with Crippen LogP contribution in [0.15, 0.2) is 47.9 Å². The molecule has 0 saturated heterocycles. The third kappa shape index (κ3) is 1.89. The summed E-state index contributed by atoms with van der Waals surface area (Å²) in [5.74, 6) is 6.59. The van der Waals surface area contributed by atoms with Crippen LogP contribution in [0.2, 0.25) is 0 Å². The van der Waals surface area contributed by atoms with Crippen molar-refractivity contribution in [2.45, 2.75) is 0 Å². The van der Waals surface area contributed by atoms with Crippen molar-refractivity contribution in [1.82, 2.24) is 0 Å². The molecule has 2 rings (SSSR count). The molecular weight excluding hydrogens is 172 g/mol. The molecule has 0 bridgehead atoms. The van der Waals surface area contributed by atoms with Crippen molar-refractivity contribution in [3.8, 4) is 11.8 Å². The molecule has 70 valence electrons. The monoisotopic (exact) mass is 184 g/mol. The Morgan fingerprint density at radius 1 is 0.857 bits per heavy atom. The maximum absolute atomic E-state index is 5.59. The zero-order chi connectivity index (χ0) is 9.97. The van der Waals surface area contributed by atoms with Gasteiger partial charge in [0.2, 0.25) is 0 Å². The quantitative estimate of drug-likeness (QED) is 0.553. The molecule has 2 nitrogen and oxygen atoms in total. The number of nitrogens with two attached hydrogens (primary N) is 2. The lowest BCUT2D eigenvalue weighted by Gasteiger charge is -1.93. The highest BCUT2D eigenvalue weighted by Crippen LogP contribution is 2.14. The molecule has 2 aliphatic carbocycles. The van der Waals surface area contributed by atoms with Gasteiger partial charge in [0.05, 0.1) is 11.8 Å². The van der Waals surface area contributed by atoms with Gasteiger partial charge in [0, 0.05) is 11.4 Å². The zero-order valence-electron chi connectivity index (χ0n) is 7.77. The number of hydrogen-bond donors (Lipinski definition) is 2. The first-order valence-electron chi connectivity index (χ1n) is 4.56. The van der Waals surface area contributed by atoms with Crippen LogP contribution in [0.1, 0.15) is 0 Å². The van der Waals surface area contributed by atoms with E-state index in [1.165, 1.54) is 0 Å². The molecular formula is C12H12N2. The van der Waals surface area contributed by atoms with Gasteiger partial charge in [-0.3, -0.25) is 0 Å². The van der Waals surface area contributed by atoms with Gasteiger partial charge in [0.25, 0.3) is 0 Å². The lowest BCUT2D eigenvalue weighted by atomic mass is 10.1. The highest BCUT2D eigenvalue weighted by Gasteiger charge is 2.05. The fourth-order valence-electron chi connectivity index (χ4n) is 1.44. The first-order valence-corrected chi connectivity index (χ1v) is 4.56. The Bertz CT molecular complexity index is 375. The third-order valence-corrected chi connectivity index (χ3v) is 2.15. The first-order chi connectivity index (χ1) is 6.74. The summed E-state index contributed by atoms with van der Waals surface area (Å²) < 4.78 is 0. The molecule has 0 fully saturated rings. The van der Waals surface area contributed by atoms with E-state index < -0.39 is 0 Å². The molecule has 2 unspecified atom stereocenters. The van der Waals surface area contributed by atoms with E-state index in [4.69, 9.17) is 11.5 Å². The van der Waals surface area contributed by atoms with Crippen molar-refractivity contribution >= 4 is 0 Å². The molecule has 14 heavy (non-hydrogen) atoms. The van der Waals surface area contributed by atoms with Crippen LogP contribution in [-0.2, 0) is 0 Å². The maximum Gasteiger partial charge on any atom is 0.0590 e. The SMILES string of the molecule is NC1=CC(C#CC2C=CC(N)=C2)C=C1. The van der Waals surface area contributed by atoms with Crippen molar-refractivity contribution < 1.29 is 0 Å². The Balaban J connectivity index is 2.02. The minimum Gasteiger partial charge on any atom is -0.399 e. The van der Waals surface area contributed by atoms with E-state index in [9.17, 15) is 0 Å². The van der Waals surface area contributed by atoms with Gasteiger partial charge >= 0.3 is 0 Å². The van der Waals surface area contributed by atoms with Crippen molar-refractivity contribution in [2.75, 3.05) is 0 Å². The van der Waals surface area contributed by atoms with E-state index in [0.717, 1.165) is 11.4 Å². The smallest absolute Gasteiger partial charge is 0.0590 e. The minimum atomic E-state index is 0.165. The van der Waals surface area contributed by atoms with E-state index in [0.29, 0.717) is 0 Å². The Morgan fingerprint density at radius 3 is 1.57 bits per heavy atom. The summed E-state index contributed by atoms with van der Waals surface area (Å²) in [4.78, 5) is 0. The molecule has 0 radical (unpaired) electrons. The Labute approximate surface area is 83.7 Å². The van der Waals surface area contributed by atoms with E-state index >= 15 is 0 Å². The van der Waals surface area contributed by atoms with Crippen molar-refractivity contribution in [1.29, 1.82) is 0 Å². The highest BCUT2D eigenvalue weighted by atomic mass is 14.6. The molecule has 2 heteroatoms. The number of hydrogen-bond acceptors (Lipinski definition) is 2. The predicted molar refractivity (Wildman–Crippen MR) is 57.6 cm³/mol. The van der Waals surface area contributed by atoms with E-state index in [2.05, 4.69) is 11.8 Å². The van der Waals surface area contributed by atoms with Crippen LogP contribution in [0.5, 0.6) is 0 Å². The third-order valence-electron chi connectivity index (χ3n) is 2.15. The summed E-state index contributed by atoms with van der Waals surface area (Å²) in [7, 11) is 0. The van der Waals surface area contributed by atoms with Crippen LogP contribution < -0.4 is 11.5 Å². The number of rotatable bonds is 0. The van der Waals surface area contributed by atoms with Gasteiger partial charge < -0.3 is 11.5 Å². The van der Waals surface area contributed by atoms with E-state index in [1.807, 2.05) is 36.5 Å². The largest absolute Gasteiger partial charge is 0.399 e. The molecule has 0 saturated carbocycles. The van der Waals surface area contributed by atoms with Gasteiger partial charge in [-0.25, -0.2) is 0 Å². The van der Waals surface area contributed by atoms with Crippen LogP contribution in [0.4, 0.5) is 0 Å². The second-order valence-corrected chi connectivity index (χ2v) is 3.39. The van der Waals surface area contributed by atoms with Crippen LogP contribution >= 0.6 is 0 Å². The second kappa shape index (κ2) is 3.47. The zero-order valence-corrected chi connectivity index (χ0v) is 7.77. The molecule has 0 heterocycles. The lowest BCUT2D eigenvalue weighted by Crippen LogP contribution is -1.92. The summed E-state index contributed by atoms with van der Waals surface area (Å²) in [6.45, 7) is 0. The molecule has 0 amide bonds. The molecule has 0 aromatic carbocycles. The molecule has 0 aromatic heterocycles. The van der Waals surface area contributed by atoms with Crippen LogP contribution in [0.3, 0.4) is 0 Å². The standard InChI is InChI=1S/C12H12N2/c13-11-5-3-9(7-11)1-2-10-4-6-12(14)8-10/h3-10H,13-14H2. The number of allylic oxidation sites excluding steroid dienone is 6. The van der Waals surface area contributed by atoms with Gasteiger partial charge in [-0.1, -0.05) is 24.0 Å². The van der Waals surface area contributed by atoms with Crippen LogP contribution in [0, 0.1) is 23.7 Å². The molecule has 4 N–H and O–H groups in total. The summed E-state index contributed by atoms with van der Waals surface area (Å²) >= 11 is 0. The van der Waals surface area contributed by atoms with E-state index in [1.54, 1.807) is 0 Å².